The largest absolute Gasteiger partial charge is 0.493 e. The second-order valence-corrected chi connectivity index (χ2v) is 5.48. The van der Waals surface area contributed by atoms with Crippen LogP contribution in [0.1, 0.15) is 19.4 Å². The molecule has 118 valence electrons. The van der Waals surface area contributed by atoms with E-state index in [1.807, 2.05) is 19.1 Å². The average Bonchev–Trinajstić information content (AvgIpc) is 2.46. The Hall–Kier alpha value is -1.04. The van der Waals surface area contributed by atoms with Crippen LogP contribution in [0.4, 0.5) is 0 Å². The molecule has 0 fully saturated rings. The fraction of sp³-hybridized carbons (Fsp3) is 0.500. The summed E-state index contributed by atoms with van der Waals surface area (Å²) in [5.41, 5.74) is 2.32. The maximum atomic E-state index is 5.59. The van der Waals surface area contributed by atoms with Crippen LogP contribution < -0.4 is 14.8 Å². The van der Waals surface area contributed by atoms with Gasteiger partial charge in [0.1, 0.15) is 0 Å². The monoisotopic (exact) mass is 357 g/mol. The van der Waals surface area contributed by atoms with Crippen LogP contribution in [-0.4, -0.2) is 40.5 Å². The molecule has 0 bridgehead atoms. The minimum Gasteiger partial charge on any atom is -0.493 e. The Morgan fingerprint density at radius 3 is 2.71 bits per heavy atom. The fourth-order valence-electron chi connectivity index (χ4n) is 1.90. The number of halogens is 1. The van der Waals surface area contributed by atoms with E-state index < -0.39 is 0 Å². The van der Waals surface area contributed by atoms with Crippen molar-refractivity contribution < 1.29 is 14.2 Å². The molecule has 4 nitrogen and oxygen atoms in total. The molecule has 1 aromatic carbocycles. The molecule has 0 aliphatic carbocycles. The van der Waals surface area contributed by atoms with Crippen molar-refractivity contribution in [3.63, 3.8) is 0 Å². The predicted octanol–water partition coefficient (Wildman–Crippen LogP) is 3.50. The van der Waals surface area contributed by atoms with Crippen LogP contribution in [0.2, 0.25) is 0 Å². The summed E-state index contributed by atoms with van der Waals surface area (Å²) in [7, 11) is 3.35. The fourth-order valence-corrected chi connectivity index (χ4v) is 2.48. The van der Waals surface area contributed by atoms with Crippen molar-refractivity contribution in [3.8, 4) is 11.5 Å². The van der Waals surface area contributed by atoms with E-state index in [1.54, 1.807) is 14.2 Å². The van der Waals surface area contributed by atoms with Gasteiger partial charge >= 0.3 is 0 Å². The minimum absolute atomic E-state index is 0.604. The van der Waals surface area contributed by atoms with Crippen LogP contribution in [-0.2, 0) is 4.74 Å². The van der Waals surface area contributed by atoms with E-state index in [0.29, 0.717) is 6.61 Å². The average molecular weight is 358 g/mol. The van der Waals surface area contributed by atoms with E-state index in [-0.39, 0.29) is 0 Å². The Morgan fingerprint density at radius 1 is 1.33 bits per heavy atom. The topological polar surface area (TPSA) is 39.7 Å². The molecule has 0 saturated heterocycles. The number of hydrogen-bond donors (Lipinski definition) is 1. The predicted molar refractivity (Wildman–Crippen MR) is 90.3 cm³/mol. The highest BCUT2D eigenvalue weighted by atomic mass is 79.9. The lowest BCUT2D eigenvalue weighted by atomic mass is 10.1. The van der Waals surface area contributed by atoms with Crippen molar-refractivity contribution in [2.75, 3.05) is 40.5 Å². The van der Waals surface area contributed by atoms with Gasteiger partial charge in [0, 0.05) is 20.2 Å². The number of benzene rings is 1. The van der Waals surface area contributed by atoms with Crippen molar-refractivity contribution in [2.45, 2.75) is 13.8 Å². The van der Waals surface area contributed by atoms with E-state index in [0.717, 1.165) is 41.2 Å². The van der Waals surface area contributed by atoms with Gasteiger partial charge in [-0.25, -0.2) is 0 Å². The third-order valence-electron chi connectivity index (χ3n) is 2.84. The number of methoxy groups -OCH3 is 2. The molecule has 0 amide bonds. The van der Waals surface area contributed by atoms with Gasteiger partial charge in [-0.15, -0.1) is 0 Å². The van der Waals surface area contributed by atoms with E-state index in [1.165, 1.54) is 5.57 Å². The smallest absolute Gasteiger partial charge is 0.175 e. The maximum Gasteiger partial charge on any atom is 0.175 e. The molecule has 0 radical (unpaired) electrons. The van der Waals surface area contributed by atoms with Crippen molar-refractivity contribution in [3.05, 3.63) is 27.7 Å². The van der Waals surface area contributed by atoms with Crippen molar-refractivity contribution in [2.24, 2.45) is 0 Å². The zero-order chi connectivity index (χ0) is 15.7. The molecule has 0 unspecified atom stereocenters. The SMILES string of the molecule is CCOc1c(Br)cc(C=C(C)CNCCOC)cc1OC. The lowest BCUT2D eigenvalue weighted by Gasteiger charge is -2.12. The highest BCUT2D eigenvalue weighted by molar-refractivity contribution is 9.10. The van der Waals surface area contributed by atoms with E-state index >= 15 is 0 Å². The lowest BCUT2D eigenvalue weighted by molar-refractivity contribution is 0.200. The summed E-state index contributed by atoms with van der Waals surface area (Å²) in [6, 6.07) is 4.01. The molecular weight excluding hydrogens is 334 g/mol. The Kier molecular flexibility index (Phi) is 8.42. The standard InChI is InChI=1S/C16H24BrNO3/c1-5-21-16-14(17)9-13(10-15(16)20-4)8-12(2)11-18-6-7-19-3/h8-10,18H,5-7,11H2,1-4H3. The van der Waals surface area contributed by atoms with Crippen LogP contribution in [0, 0.1) is 0 Å². The number of ether oxygens (including phenoxy) is 3. The van der Waals surface area contributed by atoms with E-state index in [9.17, 15) is 0 Å². The summed E-state index contributed by atoms with van der Waals surface area (Å²) in [6.45, 7) is 7.04. The summed E-state index contributed by atoms with van der Waals surface area (Å²) in [5.74, 6) is 1.48. The molecule has 0 atom stereocenters. The van der Waals surface area contributed by atoms with Gasteiger partial charge in [0.25, 0.3) is 0 Å². The molecule has 0 aliphatic heterocycles. The molecule has 1 aromatic rings. The Morgan fingerprint density at radius 2 is 2.10 bits per heavy atom. The molecule has 1 rings (SSSR count). The van der Waals surface area contributed by atoms with Gasteiger partial charge in [-0.1, -0.05) is 11.6 Å². The molecule has 0 spiro atoms. The molecule has 0 aliphatic rings. The summed E-state index contributed by atoms with van der Waals surface area (Å²) in [4.78, 5) is 0. The summed E-state index contributed by atoms with van der Waals surface area (Å²) >= 11 is 3.54. The van der Waals surface area contributed by atoms with Crippen LogP contribution >= 0.6 is 15.9 Å². The zero-order valence-corrected chi connectivity index (χ0v) is 14.7. The zero-order valence-electron chi connectivity index (χ0n) is 13.2. The highest BCUT2D eigenvalue weighted by Crippen LogP contribution is 2.37. The quantitative estimate of drug-likeness (QED) is 0.686. The van der Waals surface area contributed by atoms with Gasteiger partial charge in [-0.2, -0.15) is 0 Å². The summed E-state index contributed by atoms with van der Waals surface area (Å²) in [6.07, 6.45) is 2.13. The third-order valence-corrected chi connectivity index (χ3v) is 3.43. The van der Waals surface area contributed by atoms with Gasteiger partial charge in [-0.3, -0.25) is 0 Å². The third kappa shape index (κ3) is 6.08. The second-order valence-electron chi connectivity index (χ2n) is 4.63. The van der Waals surface area contributed by atoms with Crippen LogP contribution in [0.3, 0.4) is 0 Å². The van der Waals surface area contributed by atoms with Crippen LogP contribution in [0.5, 0.6) is 11.5 Å². The van der Waals surface area contributed by atoms with E-state index in [4.69, 9.17) is 14.2 Å². The Bertz CT molecular complexity index is 475. The first kappa shape index (κ1) is 18.0. The molecule has 5 heteroatoms. The minimum atomic E-state index is 0.604. The van der Waals surface area contributed by atoms with Gasteiger partial charge in [0.2, 0.25) is 0 Å². The maximum absolute atomic E-state index is 5.59. The van der Waals surface area contributed by atoms with Crippen LogP contribution in [0.25, 0.3) is 6.08 Å². The van der Waals surface area contributed by atoms with Gasteiger partial charge < -0.3 is 19.5 Å². The lowest BCUT2D eigenvalue weighted by Crippen LogP contribution is -2.20. The van der Waals surface area contributed by atoms with Crippen molar-refractivity contribution in [1.82, 2.24) is 5.32 Å². The summed E-state index contributed by atoms with van der Waals surface area (Å²) in [5, 5.41) is 3.32. The number of nitrogens with one attached hydrogen (secondary N) is 1. The molecular formula is C16H24BrNO3. The normalized spacial score (nSPS) is 11.6. The van der Waals surface area contributed by atoms with Gasteiger partial charge in [0.15, 0.2) is 11.5 Å². The Labute approximate surface area is 135 Å². The summed E-state index contributed by atoms with van der Waals surface area (Å²) < 4.78 is 16.9. The first-order valence-corrected chi connectivity index (χ1v) is 7.78. The van der Waals surface area contributed by atoms with Gasteiger partial charge in [0.05, 0.1) is 24.8 Å². The number of hydrogen-bond acceptors (Lipinski definition) is 4. The molecule has 1 N–H and O–H groups in total. The molecule has 21 heavy (non-hydrogen) atoms. The van der Waals surface area contributed by atoms with Crippen molar-refractivity contribution in [1.29, 1.82) is 0 Å². The molecule has 0 heterocycles. The second kappa shape index (κ2) is 9.82. The van der Waals surface area contributed by atoms with E-state index in [2.05, 4.69) is 34.2 Å². The Balaban J connectivity index is 2.81. The van der Waals surface area contributed by atoms with Crippen molar-refractivity contribution >= 4 is 22.0 Å². The molecule has 0 aromatic heterocycles. The first-order chi connectivity index (χ1) is 10.1. The highest BCUT2D eigenvalue weighted by Gasteiger charge is 2.10. The van der Waals surface area contributed by atoms with Crippen LogP contribution in [0.15, 0.2) is 22.2 Å². The van der Waals surface area contributed by atoms with Gasteiger partial charge in [-0.05, 0) is 47.5 Å². The molecule has 0 saturated carbocycles. The number of rotatable bonds is 9. The first-order valence-electron chi connectivity index (χ1n) is 6.99.